The quantitative estimate of drug-likeness (QED) is 0.108. The van der Waals surface area contributed by atoms with Crippen molar-refractivity contribution in [3.63, 3.8) is 0 Å². The molecule has 1 aliphatic heterocycles. The molecule has 0 aliphatic carbocycles. The molecule has 7 rings (SSSR count). The third kappa shape index (κ3) is 7.39. The van der Waals surface area contributed by atoms with Crippen molar-refractivity contribution in [1.82, 2.24) is 29.4 Å². The van der Waals surface area contributed by atoms with Crippen molar-refractivity contribution in [2.45, 2.75) is 57.2 Å². The number of methoxy groups -OCH3 is 1. The molecular weight excluding hydrogens is 752 g/mol. The topological polar surface area (TPSA) is 134 Å². The predicted molar refractivity (Wildman–Crippen MR) is 215 cm³/mol. The molecule has 3 aromatic carbocycles. The average Bonchev–Trinajstić information content (AvgIpc) is 3.93. The highest BCUT2D eigenvalue weighted by atomic mass is 32.1. The van der Waals surface area contributed by atoms with Gasteiger partial charge in [-0.1, -0.05) is 85.8 Å². The van der Waals surface area contributed by atoms with E-state index in [4.69, 9.17) is 19.2 Å². The molecule has 1 saturated heterocycles. The van der Waals surface area contributed by atoms with Gasteiger partial charge in [0.2, 0.25) is 5.91 Å². The van der Waals surface area contributed by atoms with Gasteiger partial charge in [0.05, 0.1) is 30.9 Å². The molecule has 0 unspecified atom stereocenters. The lowest BCUT2D eigenvalue weighted by atomic mass is 10.1. The van der Waals surface area contributed by atoms with Crippen LogP contribution < -0.4 is 25.4 Å². The van der Waals surface area contributed by atoms with E-state index in [1.165, 1.54) is 46.0 Å². The Bertz CT molecular complexity index is 2330. The Kier molecular flexibility index (Phi) is 11.2. The lowest BCUT2D eigenvalue weighted by Crippen LogP contribution is -2.65. The lowest BCUT2D eigenvalue weighted by Gasteiger charge is -2.41. The van der Waals surface area contributed by atoms with Gasteiger partial charge < -0.3 is 23.9 Å². The first-order valence-corrected chi connectivity index (χ1v) is 21.3. The largest absolute Gasteiger partial charge is 0.496 e. The van der Waals surface area contributed by atoms with Crippen LogP contribution in [0, 0.1) is 12.7 Å². The molecular formula is C41H45FN6O6SSi. The summed E-state index contributed by atoms with van der Waals surface area (Å²) in [5, 5.41) is 10.9. The normalized spacial score (nSPS) is 15.4. The first-order valence-electron chi connectivity index (χ1n) is 18.5. The van der Waals surface area contributed by atoms with Crippen molar-refractivity contribution in [1.29, 1.82) is 0 Å². The van der Waals surface area contributed by atoms with E-state index < -0.39 is 31.3 Å². The summed E-state index contributed by atoms with van der Waals surface area (Å²) >= 11 is 1.26. The fourth-order valence-corrected chi connectivity index (χ4v) is 12.5. The third-order valence-electron chi connectivity index (χ3n) is 10.8. The van der Waals surface area contributed by atoms with Gasteiger partial charge in [-0.15, -0.1) is 4.80 Å². The van der Waals surface area contributed by atoms with Crippen molar-refractivity contribution in [3.05, 3.63) is 119 Å². The second-order valence-electron chi connectivity index (χ2n) is 14.7. The van der Waals surface area contributed by atoms with E-state index in [2.05, 4.69) is 24.0 Å². The number of fused-ring (bicyclic) bond motifs is 1. The van der Waals surface area contributed by atoms with E-state index in [1.54, 1.807) is 24.3 Å². The SMILES string of the molecule is COc1ccc(F)cc1[C@H](COc1nc2sc(-n3nccn3)c(C)c2c(=O)n1[C@@H]1CC(=O)N(C)C1)OCCCC(C)(C)[Si](O)(c1ccccc1)c1ccccc1. The summed E-state index contributed by atoms with van der Waals surface area (Å²) in [5.74, 6) is -0.168. The van der Waals surface area contributed by atoms with Gasteiger partial charge in [0.25, 0.3) is 13.9 Å². The highest BCUT2D eigenvalue weighted by Gasteiger charge is 2.49. The number of aromatic nitrogens is 5. The Morgan fingerprint density at radius 1 is 1.02 bits per heavy atom. The summed E-state index contributed by atoms with van der Waals surface area (Å²) in [4.78, 5) is 48.0. The molecule has 3 aromatic heterocycles. The van der Waals surface area contributed by atoms with Gasteiger partial charge in [0.15, 0.2) is 0 Å². The van der Waals surface area contributed by atoms with Gasteiger partial charge in [-0.25, -0.2) is 4.39 Å². The number of nitrogens with zero attached hydrogens (tertiary/aromatic N) is 6. The molecule has 0 bridgehead atoms. The van der Waals surface area contributed by atoms with Crippen LogP contribution in [0.4, 0.5) is 4.39 Å². The molecule has 0 spiro atoms. The van der Waals surface area contributed by atoms with Gasteiger partial charge in [0, 0.05) is 37.7 Å². The van der Waals surface area contributed by atoms with Crippen LogP contribution in [0.1, 0.15) is 56.4 Å². The molecule has 6 aromatic rings. The number of hydrogen-bond donors (Lipinski definition) is 1. The lowest BCUT2D eigenvalue weighted by molar-refractivity contribution is -0.126. The number of hydrogen-bond acceptors (Lipinski definition) is 10. The van der Waals surface area contributed by atoms with Crippen LogP contribution >= 0.6 is 11.3 Å². The molecule has 1 fully saturated rings. The molecule has 4 heterocycles. The maximum atomic E-state index is 14.9. The Hall–Kier alpha value is -5.22. The molecule has 56 heavy (non-hydrogen) atoms. The minimum Gasteiger partial charge on any atom is -0.496 e. The Labute approximate surface area is 329 Å². The summed E-state index contributed by atoms with van der Waals surface area (Å²) in [6, 6.07) is 23.4. The third-order valence-corrected chi connectivity index (χ3v) is 16.5. The zero-order valence-corrected chi connectivity index (χ0v) is 33.8. The zero-order chi connectivity index (χ0) is 39.6. The summed E-state index contributed by atoms with van der Waals surface area (Å²) in [5.41, 5.74) is 0.748. The van der Waals surface area contributed by atoms with Crippen LogP contribution in [0.25, 0.3) is 15.2 Å². The molecule has 0 radical (unpaired) electrons. The van der Waals surface area contributed by atoms with Crippen molar-refractivity contribution in [2.24, 2.45) is 0 Å². The summed E-state index contributed by atoms with van der Waals surface area (Å²) in [6.45, 7) is 6.42. The molecule has 1 amide bonds. The molecule has 2 atom stereocenters. The monoisotopic (exact) mass is 796 g/mol. The van der Waals surface area contributed by atoms with Gasteiger partial charge in [-0.05, 0) is 53.4 Å². The number of ether oxygens (including phenoxy) is 3. The van der Waals surface area contributed by atoms with Crippen LogP contribution in [0.15, 0.2) is 96.1 Å². The average molecular weight is 797 g/mol. The van der Waals surface area contributed by atoms with Gasteiger partial charge >= 0.3 is 6.01 Å². The first kappa shape index (κ1) is 39.0. The Balaban J connectivity index is 1.19. The number of thiophene rings is 1. The number of carbonyl (C=O) groups is 1. The van der Waals surface area contributed by atoms with Gasteiger partial charge in [0.1, 0.15) is 34.1 Å². The number of carbonyl (C=O) groups excluding carboxylic acids is 1. The number of aryl methyl sites for hydroxylation is 1. The van der Waals surface area contributed by atoms with Gasteiger partial charge in [-0.2, -0.15) is 15.2 Å². The Morgan fingerprint density at radius 2 is 1.68 bits per heavy atom. The van der Waals surface area contributed by atoms with Crippen LogP contribution in [0.3, 0.4) is 0 Å². The number of rotatable bonds is 15. The van der Waals surface area contributed by atoms with E-state index in [9.17, 15) is 18.8 Å². The van der Waals surface area contributed by atoms with E-state index in [0.29, 0.717) is 51.5 Å². The fraction of sp³-hybridized carbons (Fsp3) is 0.341. The van der Waals surface area contributed by atoms with E-state index >= 15 is 0 Å². The summed E-state index contributed by atoms with van der Waals surface area (Å²) in [6.07, 6.45) is 3.57. The van der Waals surface area contributed by atoms with Crippen LogP contribution in [0.5, 0.6) is 11.8 Å². The first-order chi connectivity index (χ1) is 26.9. The second kappa shape index (κ2) is 16.1. The molecule has 12 nitrogen and oxygen atoms in total. The number of halogens is 1. The zero-order valence-electron chi connectivity index (χ0n) is 32.0. The van der Waals surface area contributed by atoms with E-state index in [1.807, 2.05) is 67.6 Å². The maximum Gasteiger partial charge on any atom is 0.301 e. The van der Waals surface area contributed by atoms with E-state index in [-0.39, 0.29) is 37.1 Å². The predicted octanol–water partition coefficient (Wildman–Crippen LogP) is 5.35. The van der Waals surface area contributed by atoms with Gasteiger partial charge in [-0.3, -0.25) is 14.2 Å². The van der Waals surface area contributed by atoms with Crippen molar-refractivity contribution in [3.8, 4) is 16.8 Å². The van der Waals surface area contributed by atoms with E-state index in [0.717, 1.165) is 10.4 Å². The second-order valence-corrected chi connectivity index (χ2v) is 19.6. The Morgan fingerprint density at radius 3 is 2.29 bits per heavy atom. The minimum absolute atomic E-state index is 0.0173. The van der Waals surface area contributed by atoms with Crippen molar-refractivity contribution >= 4 is 46.2 Å². The smallest absolute Gasteiger partial charge is 0.301 e. The van der Waals surface area contributed by atoms with Crippen molar-refractivity contribution < 1.29 is 28.2 Å². The van der Waals surface area contributed by atoms with Crippen LogP contribution in [-0.2, 0) is 9.53 Å². The number of likely N-dealkylation sites (tertiary alicyclic amines) is 1. The minimum atomic E-state index is -3.26. The highest BCUT2D eigenvalue weighted by molar-refractivity contribution is 7.21. The van der Waals surface area contributed by atoms with Crippen LogP contribution in [-0.4, -0.2) is 82.4 Å². The van der Waals surface area contributed by atoms with Crippen molar-refractivity contribution in [2.75, 3.05) is 33.9 Å². The summed E-state index contributed by atoms with van der Waals surface area (Å²) < 4.78 is 34.9. The number of benzene rings is 3. The molecule has 15 heteroatoms. The molecule has 292 valence electrons. The fourth-order valence-electron chi connectivity index (χ4n) is 7.68. The highest BCUT2D eigenvalue weighted by Crippen LogP contribution is 2.40. The summed E-state index contributed by atoms with van der Waals surface area (Å²) in [7, 11) is -0.0576. The number of likely N-dealkylation sites (N-methyl/N-ethyl adjacent to an activating group) is 1. The van der Waals surface area contributed by atoms with Crippen LogP contribution in [0.2, 0.25) is 5.04 Å². The standard InChI is InChI=1S/C41H45FN6O6SSi/c1-27-36-37(55-39(27)48-43-20-21-44-48)45-40(47(38(36)50)29-24-35(49)46(4)25-29)54-26-34(32-23-28(42)17-18-33(32)52-5)53-22-12-19-41(2,3)56(51,30-13-8-6-9-14-30)31-15-10-7-11-16-31/h6-11,13-18,20-21,23,29,34,51H,12,19,22,24-26H2,1-5H3/t29-,34+/m1/s1. The maximum absolute atomic E-state index is 14.9. The molecule has 0 saturated carbocycles. The number of amides is 1. The molecule has 1 aliphatic rings. The molecule has 1 N–H and O–H groups in total.